The third kappa shape index (κ3) is 3.35. The third-order valence-corrected chi connectivity index (χ3v) is 4.84. The summed E-state index contributed by atoms with van der Waals surface area (Å²) in [6.45, 7) is 0.736. The minimum Gasteiger partial charge on any atom is -0.494 e. The number of amides is 1. The lowest BCUT2D eigenvalue weighted by Crippen LogP contribution is -2.58. The van der Waals surface area contributed by atoms with E-state index in [0.29, 0.717) is 24.0 Å². The van der Waals surface area contributed by atoms with Gasteiger partial charge in [-0.3, -0.25) is 4.79 Å². The first-order valence-electron chi connectivity index (χ1n) is 9.03. The Hall–Kier alpha value is -3.18. The molecule has 0 radical (unpaired) electrons. The number of nitrogens with zero attached hydrogens (tertiary/aromatic N) is 3. The molecule has 0 atom stereocenters. The zero-order valence-corrected chi connectivity index (χ0v) is 15.9. The molecule has 0 unspecified atom stereocenters. The van der Waals surface area contributed by atoms with Crippen LogP contribution in [0.1, 0.15) is 21.9 Å². The van der Waals surface area contributed by atoms with Crippen molar-refractivity contribution in [2.75, 3.05) is 20.2 Å². The molecule has 11 heteroatoms. The van der Waals surface area contributed by atoms with Gasteiger partial charge in [-0.05, 0) is 24.3 Å². The molecule has 30 heavy (non-hydrogen) atoms. The molecular formula is C19H18F3N5O3. The molecule has 1 aliphatic rings. The Balaban J connectivity index is 1.82. The van der Waals surface area contributed by atoms with Gasteiger partial charge in [0.25, 0.3) is 5.91 Å². The second-order valence-electron chi connectivity index (χ2n) is 6.87. The molecule has 4 rings (SSSR count). The maximum absolute atomic E-state index is 13.1. The highest BCUT2D eigenvalue weighted by molar-refractivity contribution is 5.98. The number of ether oxygens (including phenoxy) is 1. The number of hydrogen-bond acceptors (Lipinski definition) is 7. The van der Waals surface area contributed by atoms with Gasteiger partial charge in [-0.2, -0.15) is 13.2 Å². The molecule has 3 heterocycles. The van der Waals surface area contributed by atoms with Gasteiger partial charge >= 0.3 is 6.18 Å². The summed E-state index contributed by atoms with van der Waals surface area (Å²) in [6.07, 6.45) is -4.61. The normalized spacial score (nSPS) is 14.8. The zero-order chi connectivity index (χ0) is 21.6. The number of fused-ring (bicyclic) bond motifs is 1. The number of nitrogens with two attached hydrogens (primary N) is 2. The molecular weight excluding hydrogens is 403 g/mol. The Morgan fingerprint density at radius 2 is 2.00 bits per heavy atom. The molecule has 0 aliphatic carbocycles. The summed E-state index contributed by atoms with van der Waals surface area (Å²) in [5.74, 6) is 0.0379. The number of hydrogen-bond donors (Lipinski definition) is 2. The number of alkyl halides is 3. The molecule has 1 aliphatic heterocycles. The molecule has 1 fully saturated rings. The van der Waals surface area contributed by atoms with Crippen LogP contribution in [-0.4, -0.2) is 47.0 Å². The smallest absolute Gasteiger partial charge is 0.433 e. The van der Waals surface area contributed by atoms with Crippen LogP contribution in [0, 0.1) is 0 Å². The van der Waals surface area contributed by atoms with Crippen molar-refractivity contribution < 1.29 is 27.1 Å². The number of rotatable bonds is 4. The van der Waals surface area contributed by atoms with E-state index in [0.717, 1.165) is 6.07 Å². The van der Waals surface area contributed by atoms with E-state index in [2.05, 4.69) is 9.97 Å². The van der Waals surface area contributed by atoms with E-state index in [-0.39, 0.29) is 47.1 Å². The van der Waals surface area contributed by atoms with Gasteiger partial charge in [-0.25, -0.2) is 9.97 Å². The monoisotopic (exact) mass is 421 g/mol. The van der Waals surface area contributed by atoms with Crippen LogP contribution >= 0.6 is 0 Å². The number of likely N-dealkylation sites (tertiary alicyclic amines) is 1. The molecule has 0 spiro atoms. The minimum atomic E-state index is -4.61. The van der Waals surface area contributed by atoms with Gasteiger partial charge in [0.05, 0.1) is 13.7 Å². The van der Waals surface area contributed by atoms with Gasteiger partial charge in [0.2, 0.25) is 5.89 Å². The van der Waals surface area contributed by atoms with E-state index >= 15 is 0 Å². The van der Waals surface area contributed by atoms with Crippen molar-refractivity contribution in [2.45, 2.75) is 18.8 Å². The quantitative estimate of drug-likeness (QED) is 0.662. The second-order valence-corrected chi connectivity index (χ2v) is 6.87. The lowest BCUT2D eigenvalue weighted by molar-refractivity contribution is -0.140. The van der Waals surface area contributed by atoms with Crippen molar-refractivity contribution >= 4 is 16.8 Å². The largest absolute Gasteiger partial charge is 0.494 e. The van der Waals surface area contributed by atoms with Crippen molar-refractivity contribution in [3.63, 3.8) is 0 Å². The van der Waals surface area contributed by atoms with E-state index in [1.165, 1.54) is 24.1 Å². The molecule has 1 aromatic carbocycles. The average Bonchev–Trinajstić information content (AvgIpc) is 3.13. The fraction of sp³-hybridized carbons (Fsp3) is 0.316. The fourth-order valence-electron chi connectivity index (χ4n) is 3.30. The van der Waals surface area contributed by atoms with Gasteiger partial charge in [0.15, 0.2) is 11.5 Å². The summed E-state index contributed by atoms with van der Waals surface area (Å²) in [6, 6.07) is 5.10. The molecule has 158 valence electrons. The van der Waals surface area contributed by atoms with Gasteiger partial charge < -0.3 is 25.5 Å². The van der Waals surface area contributed by atoms with E-state index in [9.17, 15) is 18.0 Å². The average molecular weight is 421 g/mol. The molecule has 1 saturated heterocycles. The lowest BCUT2D eigenvalue weighted by Gasteiger charge is -2.36. The summed E-state index contributed by atoms with van der Waals surface area (Å²) in [5.41, 5.74) is 10.8. The fourth-order valence-corrected chi connectivity index (χ4v) is 3.30. The van der Waals surface area contributed by atoms with Crippen LogP contribution in [0.15, 0.2) is 28.7 Å². The first kappa shape index (κ1) is 20.1. The highest BCUT2D eigenvalue weighted by atomic mass is 19.4. The van der Waals surface area contributed by atoms with Crippen molar-refractivity contribution in [1.82, 2.24) is 14.9 Å². The van der Waals surface area contributed by atoms with E-state index < -0.39 is 11.9 Å². The number of carbonyl (C=O) groups excluding carboxylic acids is 1. The maximum atomic E-state index is 13.1. The van der Waals surface area contributed by atoms with Crippen LogP contribution < -0.4 is 16.2 Å². The predicted octanol–water partition coefficient (Wildman–Crippen LogP) is 2.16. The van der Waals surface area contributed by atoms with Gasteiger partial charge in [-0.15, -0.1) is 0 Å². The van der Waals surface area contributed by atoms with Crippen LogP contribution in [0.25, 0.3) is 22.4 Å². The highest BCUT2D eigenvalue weighted by Gasteiger charge is 2.34. The van der Waals surface area contributed by atoms with E-state index in [1.54, 1.807) is 6.07 Å². The Morgan fingerprint density at radius 1 is 1.27 bits per heavy atom. The Morgan fingerprint density at radius 3 is 2.60 bits per heavy atom. The minimum absolute atomic E-state index is 0.00100. The van der Waals surface area contributed by atoms with Crippen LogP contribution in [0.5, 0.6) is 5.75 Å². The van der Waals surface area contributed by atoms with Gasteiger partial charge in [0, 0.05) is 30.1 Å². The molecule has 8 nitrogen and oxygen atoms in total. The highest BCUT2D eigenvalue weighted by Crippen LogP contribution is 2.37. The molecule has 3 aromatic rings. The van der Waals surface area contributed by atoms with Crippen LogP contribution in [0.2, 0.25) is 0 Å². The Bertz CT molecular complexity index is 1120. The van der Waals surface area contributed by atoms with Crippen LogP contribution in [-0.2, 0) is 12.7 Å². The number of methoxy groups -OCH3 is 1. The van der Waals surface area contributed by atoms with Crippen molar-refractivity contribution in [1.29, 1.82) is 0 Å². The van der Waals surface area contributed by atoms with E-state index in [1.807, 2.05) is 0 Å². The zero-order valence-electron chi connectivity index (χ0n) is 15.9. The summed E-state index contributed by atoms with van der Waals surface area (Å²) < 4.78 is 50.2. The summed E-state index contributed by atoms with van der Waals surface area (Å²) in [4.78, 5) is 22.2. The number of aromatic nitrogens is 2. The van der Waals surface area contributed by atoms with Crippen molar-refractivity contribution in [3.8, 4) is 17.2 Å². The predicted molar refractivity (Wildman–Crippen MR) is 101 cm³/mol. The summed E-state index contributed by atoms with van der Waals surface area (Å²) in [7, 11) is 1.34. The number of pyridine rings is 1. The molecule has 2 aromatic heterocycles. The molecule has 1 amide bonds. The second kappa shape index (κ2) is 7.26. The molecule has 0 saturated carbocycles. The van der Waals surface area contributed by atoms with Gasteiger partial charge in [-0.1, -0.05) is 0 Å². The topological polar surface area (TPSA) is 120 Å². The Kier molecular flexibility index (Phi) is 4.86. The first-order chi connectivity index (χ1) is 14.2. The number of halogens is 3. The molecule has 4 N–H and O–H groups in total. The summed E-state index contributed by atoms with van der Waals surface area (Å²) >= 11 is 0. The van der Waals surface area contributed by atoms with E-state index in [4.69, 9.17) is 20.6 Å². The van der Waals surface area contributed by atoms with Gasteiger partial charge in [0.1, 0.15) is 17.0 Å². The lowest BCUT2D eigenvalue weighted by atomic mass is 10.1. The number of carbonyl (C=O) groups is 1. The SMILES string of the molecule is COc1ccc(-c2nc(C(=O)N3CC(N)C3)c(CN)o2)c2ccc(C(F)(F)F)nc12. The first-order valence-corrected chi connectivity index (χ1v) is 9.03. The van der Waals surface area contributed by atoms with Crippen LogP contribution in [0.4, 0.5) is 13.2 Å². The standard InChI is InChI=1S/C19H18F3N5O3/c1-29-12-4-2-11(10-3-5-14(19(20,21)22)25-15(10)12)17-26-16(13(6-23)30-17)18(28)27-7-9(24)8-27/h2-5,9H,6-8,23-24H2,1H3. The molecule has 0 bridgehead atoms. The summed E-state index contributed by atoms with van der Waals surface area (Å²) in [5, 5.41) is 0.331. The maximum Gasteiger partial charge on any atom is 0.433 e. The Labute approximate surface area is 168 Å². The van der Waals surface area contributed by atoms with Crippen molar-refractivity contribution in [2.24, 2.45) is 11.5 Å². The number of oxazole rings is 1. The van der Waals surface area contributed by atoms with Crippen LogP contribution in [0.3, 0.4) is 0 Å². The third-order valence-electron chi connectivity index (χ3n) is 4.84. The number of benzene rings is 1. The van der Waals surface area contributed by atoms with Crippen molar-refractivity contribution in [3.05, 3.63) is 41.4 Å².